The Balaban J connectivity index is 1.65. The number of aromatic nitrogens is 2. The third-order valence-corrected chi connectivity index (χ3v) is 4.47. The predicted octanol–water partition coefficient (Wildman–Crippen LogP) is 3.53. The summed E-state index contributed by atoms with van der Waals surface area (Å²) in [5.74, 6) is 2.28. The molecule has 2 aromatic carbocycles. The number of hydrogen-bond donors (Lipinski definition) is 1. The van der Waals surface area contributed by atoms with Gasteiger partial charge in [-0.25, -0.2) is 4.68 Å². The lowest BCUT2D eigenvalue weighted by atomic mass is 10.2. The normalized spacial score (nSPS) is 10.4. The van der Waals surface area contributed by atoms with E-state index >= 15 is 0 Å². The molecule has 0 spiro atoms. The fourth-order valence-electron chi connectivity index (χ4n) is 2.99. The van der Waals surface area contributed by atoms with E-state index in [0.717, 1.165) is 17.5 Å². The second-order valence-electron chi connectivity index (χ2n) is 6.36. The minimum absolute atomic E-state index is 0.0825. The lowest BCUT2D eigenvalue weighted by Gasteiger charge is -2.14. The van der Waals surface area contributed by atoms with Crippen LogP contribution in [0, 0.1) is 0 Å². The molecule has 0 aliphatic carbocycles. The maximum Gasteiger partial charge on any atom is 0.263 e. The van der Waals surface area contributed by atoms with Crippen molar-refractivity contribution in [3.8, 4) is 17.2 Å². The molecular formula is C22H25N3O4. The Morgan fingerprint density at radius 1 is 1.10 bits per heavy atom. The fraction of sp³-hybridized carbons (Fsp3) is 0.273. The van der Waals surface area contributed by atoms with Gasteiger partial charge in [-0.15, -0.1) is 0 Å². The van der Waals surface area contributed by atoms with Crippen LogP contribution in [-0.4, -0.2) is 36.5 Å². The van der Waals surface area contributed by atoms with E-state index in [4.69, 9.17) is 14.2 Å². The van der Waals surface area contributed by atoms with Crippen LogP contribution < -0.4 is 19.5 Å². The van der Waals surface area contributed by atoms with E-state index in [0.29, 0.717) is 29.6 Å². The van der Waals surface area contributed by atoms with E-state index in [-0.39, 0.29) is 12.5 Å². The molecule has 3 rings (SSSR count). The molecule has 1 amide bonds. The topological polar surface area (TPSA) is 74.6 Å². The summed E-state index contributed by atoms with van der Waals surface area (Å²) in [6.45, 7) is 2.41. The summed E-state index contributed by atoms with van der Waals surface area (Å²) in [5, 5.41) is 7.14. The summed E-state index contributed by atoms with van der Waals surface area (Å²) >= 11 is 0. The molecular weight excluding hydrogens is 370 g/mol. The van der Waals surface area contributed by atoms with Crippen LogP contribution in [0.5, 0.6) is 17.2 Å². The Kier molecular flexibility index (Phi) is 6.73. The molecule has 0 unspecified atom stereocenters. The van der Waals surface area contributed by atoms with Crippen LogP contribution in [0.4, 0.5) is 5.82 Å². The number of para-hydroxylation sites is 1. The van der Waals surface area contributed by atoms with E-state index in [1.165, 1.54) is 0 Å². The van der Waals surface area contributed by atoms with Crippen molar-refractivity contribution in [3.63, 3.8) is 0 Å². The second kappa shape index (κ2) is 9.64. The smallest absolute Gasteiger partial charge is 0.263 e. The lowest BCUT2D eigenvalue weighted by Crippen LogP contribution is -2.22. The van der Waals surface area contributed by atoms with Gasteiger partial charge in [0.1, 0.15) is 11.6 Å². The number of anilines is 1. The van der Waals surface area contributed by atoms with Crippen LogP contribution in [0.1, 0.15) is 18.1 Å². The van der Waals surface area contributed by atoms with E-state index < -0.39 is 0 Å². The number of rotatable bonds is 9. The Morgan fingerprint density at radius 2 is 1.93 bits per heavy atom. The first kappa shape index (κ1) is 20.3. The molecule has 0 saturated carbocycles. The monoisotopic (exact) mass is 395 g/mol. The molecule has 7 heteroatoms. The van der Waals surface area contributed by atoms with Crippen molar-refractivity contribution >= 4 is 11.7 Å². The zero-order chi connectivity index (χ0) is 20.6. The summed E-state index contributed by atoms with van der Waals surface area (Å²) < 4.78 is 18.1. The highest BCUT2D eigenvalue weighted by molar-refractivity contribution is 5.91. The van der Waals surface area contributed by atoms with Crippen molar-refractivity contribution in [3.05, 3.63) is 65.9 Å². The van der Waals surface area contributed by atoms with Crippen molar-refractivity contribution in [1.29, 1.82) is 0 Å². The van der Waals surface area contributed by atoms with Crippen LogP contribution in [0.15, 0.2) is 54.7 Å². The second-order valence-corrected chi connectivity index (χ2v) is 6.36. The summed E-state index contributed by atoms with van der Waals surface area (Å²) in [6, 6.07) is 15.1. The summed E-state index contributed by atoms with van der Waals surface area (Å²) in [5.41, 5.74) is 2.05. The van der Waals surface area contributed by atoms with E-state index in [1.807, 2.05) is 42.5 Å². The highest BCUT2D eigenvalue weighted by atomic mass is 16.5. The number of nitrogens with one attached hydrogen (secondary N) is 1. The van der Waals surface area contributed by atoms with Gasteiger partial charge in [0.25, 0.3) is 5.91 Å². The zero-order valence-corrected chi connectivity index (χ0v) is 16.8. The highest BCUT2D eigenvalue weighted by Gasteiger charge is 2.13. The number of benzene rings is 2. The molecule has 0 aliphatic rings. The van der Waals surface area contributed by atoms with Gasteiger partial charge in [0, 0.05) is 11.6 Å². The molecule has 152 valence electrons. The first-order chi connectivity index (χ1) is 14.1. The van der Waals surface area contributed by atoms with Crippen molar-refractivity contribution in [2.45, 2.75) is 19.9 Å². The fourth-order valence-corrected chi connectivity index (χ4v) is 2.99. The van der Waals surface area contributed by atoms with Crippen molar-refractivity contribution in [2.75, 3.05) is 26.1 Å². The lowest BCUT2D eigenvalue weighted by molar-refractivity contribution is -0.118. The van der Waals surface area contributed by atoms with Gasteiger partial charge in [0.05, 0.1) is 27.0 Å². The standard InChI is InChI=1S/C22H25N3O4/c1-4-16-7-5-9-18(13-16)29-15-21(26)24-20-11-12-23-25(20)14-17-8-6-10-19(27-2)22(17)28-3/h5-13H,4,14-15H2,1-3H3,(H,24,26). The van der Waals surface area contributed by atoms with E-state index in [2.05, 4.69) is 17.3 Å². The molecule has 29 heavy (non-hydrogen) atoms. The molecule has 0 aliphatic heterocycles. The molecule has 1 N–H and O–H groups in total. The third kappa shape index (κ3) is 5.07. The van der Waals surface area contributed by atoms with Gasteiger partial charge in [0.2, 0.25) is 0 Å². The van der Waals surface area contributed by atoms with Crippen LogP contribution in [-0.2, 0) is 17.8 Å². The number of nitrogens with zero attached hydrogens (tertiary/aromatic N) is 2. The SMILES string of the molecule is CCc1cccc(OCC(=O)Nc2ccnn2Cc2cccc(OC)c2OC)c1. The van der Waals surface area contributed by atoms with E-state index in [9.17, 15) is 4.79 Å². The molecule has 1 heterocycles. The van der Waals surface area contributed by atoms with Gasteiger partial charge in [-0.05, 0) is 30.2 Å². The van der Waals surface area contributed by atoms with Crippen molar-refractivity contribution < 1.29 is 19.0 Å². The largest absolute Gasteiger partial charge is 0.493 e. The van der Waals surface area contributed by atoms with Crippen LogP contribution in [0.2, 0.25) is 0 Å². The average Bonchev–Trinajstić information content (AvgIpc) is 3.18. The Bertz CT molecular complexity index is 968. The number of carbonyl (C=O) groups is 1. The molecule has 0 saturated heterocycles. The maximum atomic E-state index is 12.3. The average molecular weight is 395 g/mol. The van der Waals surface area contributed by atoms with Gasteiger partial charge < -0.3 is 19.5 Å². The molecule has 0 bridgehead atoms. The number of methoxy groups -OCH3 is 2. The molecule has 1 aromatic heterocycles. The number of hydrogen-bond acceptors (Lipinski definition) is 5. The minimum Gasteiger partial charge on any atom is -0.493 e. The molecule has 3 aromatic rings. The van der Waals surface area contributed by atoms with Gasteiger partial charge in [0.15, 0.2) is 18.1 Å². The van der Waals surface area contributed by atoms with Crippen molar-refractivity contribution in [2.24, 2.45) is 0 Å². The summed E-state index contributed by atoms with van der Waals surface area (Å²) in [4.78, 5) is 12.3. The first-order valence-corrected chi connectivity index (χ1v) is 9.37. The van der Waals surface area contributed by atoms with Crippen LogP contribution in [0.25, 0.3) is 0 Å². The third-order valence-electron chi connectivity index (χ3n) is 4.47. The highest BCUT2D eigenvalue weighted by Crippen LogP contribution is 2.31. The quantitative estimate of drug-likeness (QED) is 0.600. The van der Waals surface area contributed by atoms with Gasteiger partial charge >= 0.3 is 0 Å². The molecule has 7 nitrogen and oxygen atoms in total. The molecule has 0 fully saturated rings. The Morgan fingerprint density at radius 3 is 2.69 bits per heavy atom. The molecule has 0 atom stereocenters. The Hall–Kier alpha value is -3.48. The molecule has 0 radical (unpaired) electrons. The van der Waals surface area contributed by atoms with Gasteiger partial charge in [-0.1, -0.05) is 31.2 Å². The minimum atomic E-state index is -0.258. The van der Waals surface area contributed by atoms with Crippen LogP contribution in [0.3, 0.4) is 0 Å². The number of amides is 1. The number of aryl methyl sites for hydroxylation is 1. The predicted molar refractivity (Wildman–Crippen MR) is 111 cm³/mol. The van der Waals surface area contributed by atoms with Gasteiger partial charge in [-0.3, -0.25) is 4.79 Å². The number of ether oxygens (including phenoxy) is 3. The zero-order valence-electron chi connectivity index (χ0n) is 16.8. The van der Waals surface area contributed by atoms with E-state index in [1.54, 1.807) is 31.2 Å². The van der Waals surface area contributed by atoms with Crippen LogP contribution >= 0.6 is 0 Å². The van der Waals surface area contributed by atoms with Crippen molar-refractivity contribution in [1.82, 2.24) is 9.78 Å². The summed E-state index contributed by atoms with van der Waals surface area (Å²) in [7, 11) is 3.19. The number of carbonyl (C=O) groups excluding carboxylic acids is 1. The Labute approximate surface area is 170 Å². The summed E-state index contributed by atoms with van der Waals surface area (Å²) in [6.07, 6.45) is 2.55. The first-order valence-electron chi connectivity index (χ1n) is 9.37. The maximum absolute atomic E-state index is 12.3. The van der Waals surface area contributed by atoms with Gasteiger partial charge in [-0.2, -0.15) is 5.10 Å².